The summed E-state index contributed by atoms with van der Waals surface area (Å²) in [5.41, 5.74) is 0. The van der Waals surface area contributed by atoms with Gasteiger partial charge in [0.1, 0.15) is 0 Å². The van der Waals surface area contributed by atoms with Crippen LogP contribution in [-0.4, -0.2) is 44.5 Å². The summed E-state index contributed by atoms with van der Waals surface area (Å²) in [5.74, 6) is 7.76. The van der Waals surface area contributed by atoms with Crippen molar-refractivity contribution in [2.45, 2.75) is 24.9 Å². The van der Waals surface area contributed by atoms with E-state index in [1.165, 1.54) is 22.9 Å². The van der Waals surface area contributed by atoms with Gasteiger partial charge >= 0.3 is 0 Å². The van der Waals surface area contributed by atoms with Crippen molar-refractivity contribution in [2.24, 2.45) is 5.92 Å². The topological polar surface area (TPSA) is 77.0 Å². The van der Waals surface area contributed by atoms with E-state index >= 15 is 0 Å². The smallest absolute Gasteiger partial charge is 0.233 e. The maximum Gasteiger partial charge on any atom is 0.233 e. The first-order chi connectivity index (χ1) is 10.6. The summed E-state index contributed by atoms with van der Waals surface area (Å²) >= 11 is 2.91. The Morgan fingerprint density at radius 2 is 2.41 bits per heavy atom. The molecule has 1 saturated heterocycles. The van der Waals surface area contributed by atoms with E-state index in [2.05, 4.69) is 17.1 Å². The highest BCUT2D eigenvalue weighted by Gasteiger charge is 2.22. The Hall–Kier alpha value is -1.54. The Balaban J connectivity index is 1.61. The number of carbonyl (C=O) groups is 1. The van der Waals surface area contributed by atoms with Crippen molar-refractivity contribution in [3.63, 3.8) is 0 Å². The molecule has 2 aromatic heterocycles. The number of aromatic nitrogens is 3. The number of amides is 1. The maximum atomic E-state index is 12.3. The van der Waals surface area contributed by atoms with Crippen LogP contribution in [0.15, 0.2) is 22.7 Å². The van der Waals surface area contributed by atoms with Gasteiger partial charge in [-0.05, 0) is 30.2 Å². The first kappa shape index (κ1) is 15.4. The molecule has 3 heterocycles. The average molecular weight is 337 g/mol. The number of piperidine rings is 1. The van der Waals surface area contributed by atoms with E-state index in [4.69, 9.17) is 5.84 Å². The molecule has 118 valence electrons. The van der Waals surface area contributed by atoms with Gasteiger partial charge in [0.05, 0.1) is 10.6 Å². The molecule has 22 heavy (non-hydrogen) atoms. The monoisotopic (exact) mass is 337 g/mol. The number of hydrogen-bond acceptors (Lipinski definition) is 6. The molecule has 2 N–H and O–H groups in total. The minimum Gasteiger partial charge on any atom is -0.342 e. The van der Waals surface area contributed by atoms with E-state index in [0.29, 0.717) is 22.7 Å². The fourth-order valence-electron chi connectivity index (χ4n) is 2.58. The van der Waals surface area contributed by atoms with Gasteiger partial charge in [-0.15, -0.1) is 21.5 Å². The Labute approximate surface area is 137 Å². The molecule has 3 rings (SSSR count). The van der Waals surface area contributed by atoms with Gasteiger partial charge in [-0.3, -0.25) is 4.79 Å². The van der Waals surface area contributed by atoms with Crippen molar-refractivity contribution in [2.75, 3.05) is 24.7 Å². The number of nitrogens with zero attached hydrogens (tertiary/aromatic N) is 4. The van der Waals surface area contributed by atoms with Crippen molar-refractivity contribution in [3.05, 3.63) is 17.5 Å². The van der Waals surface area contributed by atoms with Gasteiger partial charge in [-0.2, -0.15) is 0 Å². The fourth-order valence-corrected chi connectivity index (χ4v) is 4.05. The van der Waals surface area contributed by atoms with Gasteiger partial charge in [0.15, 0.2) is 5.82 Å². The molecule has 0 spiro atoms. The highest BCUT2D eigenvalue weighted by atomic mass is 32.2. The van der Waals surface area contributed by atoms with Crippen LogP contribution in [0.5, 0.6) is 0 Å². The van der Waals surface area contributed by atoms with E-state index in [9.17, 15) is 4.79 Å². The second-order valence-corrected chi connectivity index (χ2v) is 7.42. The number of nitrogen functional groups attached to an aromatic ring is 1. The van der Waals surface area contributed by atoms with Crippen molar-refractivity contribution in [1.82, 2.24) is 19.8 Å². The number of hydrogen-bond donors (Lipinski definition) is 1. The molecule has 1 atom stereocenters. The van der Waals surface area contributed by atoms with Crippen LogP contribution in [0.3, 0.4) is 0 Å². The van der Waals surface area contributed by atoms with E-state index in [1.54, 1.807) is 11.3 Å². The van der Waals surface area contributed by atoms with Crippen molar-refractivity contribution in [1.29, 1.82) is 0 Å². The summed E-state index contributed by atoms with van der Waals surface area (Å²) in [6.45, 7) is 3.91. The summed E-state index contributed by atoms with van der Waals surface area (Å²) in [7, 11) is 0. The Morgan fingerprint density at radius 1 is 1.55 bits per heavy atom. The number of carbonyl (C=O) groups excluding carboxylic acids is 1. The zero-order valence-corrected chi connectivity index (χ0v) is 14.1. The van der Waals surface area contributed by atoms with Crippen molar-refractivity contribution >= 4 is 29.0 Å². The highest BCUT2D eigenvalue weighted by molar-refractivity contribution is 7.99. The molecule has 1 aliphatic rings. The van der Waals surface area contributed by atoms with Gasteiger partial charge in [-0.1, -0.05) is 24.8 Å². The normalized spacial score (nSPS) is 18.6. The summed E-state index contributed by atoms with van der Waals surface area (Å²) < 4.78 is 1.46. The van der Waals surface area contributed by atoms with E-state index in [-0.39, 0.29) is 5.91 Å². The number of thiophene rings is 1. The van der Waals surface area contributed by atoms with Gasteiger partial charge in [0.25, 0.3) is 0 Å². The summed E-state index contributed by atoms with van der Waals surface area (Å²) in [6, 6.07) is 3.90. The zero-order chi connectivity index (χ0) is 15.5. The third-order valence-electron chi connectivity index (χ3n) is 3.74. The minimum absolute atomic E-state index is 0.150. The van der Waals surface area contributed by atoms with E-state index in [1.807, 2.05) is 22.4 Å². The minimum atomic E-state index is 0.150. The SMILES string of the molecule is CC1CCCN(C(=O)CSc2nnc(-c3cccs3)n2N)C1. The lowest BCUT2D eigenvalue weighted by Crippen LogP contribution is -2.40. The van der Waals surface area contributed by atoms with Crippen LogP contribution < -0.4 is 5.84 Å². The predicted octanol–water partition coefficient (Wildman–Crippen LogP) is 2.07. The molecule has 0 saturated carbocycles. The molecule has 6 nitrogen and oxygen atoms in total. The molecule has 0 bridgehead atoms. The molecular formula is C14H19N5OS2. The number of rotatable bonds is 4. The molecule has 1 amide bonds. The number of nitrogens with two attached hydrogens (primary N) is 1. The fraction of sp³-hybridized carbons (Fsp3) is 0.500. The third kappa shape index (κ3) is 3.27. The quantitative estimate of drug-likeness (QED) is 0.683. The molecule has 0 radical (unpaired) electrons. The third-order valence-corrected chi connectivity index (χ3v) is 5.53. The first-order valence-corrected chi connectivity index (χ1v) is 9.16. The molecule has 1 unspecified atom stereocenters. The predicted molar refractivity (Wildman–Crippen MR) is 89.2 cm³/mol. The summed E-state index contributed by atoms with van der Waals surface area (Å²) in [4.78, 5) is 15.2. The first-order valence-electron chi connectivity index (χ1n) is 7.30. The Bertz CT molecular complexity index is 640. The van der Waals surface area contributed by atoms with Crippen molar-refractivity contribution < 1.29 is 4.79 Å². The Morgan fingerprint density at radius 3 is 3.14 bits per heavy atom. The van der Waals surface area contributed by atoms with Crippen LogP contribution in [0, 0.1) is 5.92 Å². The molecule has 0 aliphatic carbocycles. The maximum absolute atomic E-state index is 12.3. The standard InChI is InChI=1S/C14H19N5OS2/c1-10-4-2-6-18(8-10)12(20)9-22-14-17-16-13(19(14)15)11-5-3-7-21-11/h3,5,7,10H,2,4,6,8-9,15H2,1H3. The van der Waals surface area contributed by atoms with Gasteiger partial charge in [0, 0.05) is 13.1 Å². The number of likely N-dealkylation sites (tertiary alicyclic amines) is 1. The number of thioether (sulfide) groups is 1. The second-order valence-electron chi connectivity index (χ2n) is 5.53. The van der Waals surface area contributed by atoms with Crippen molar-refractivity contribution in [3.8, 4) is 10.7 Å². The zero-order valence-electron chi connectivity index (χ0n) is 12.4. The molecule has 0 aromatic carbocycles. The highest BCUT2D eigenvalue weighted by Crippen LogP contribution is 2.25. The lowest BCUT2D eigenvalue weighted by Gasteiger charge is -2.30. The molecule has 2 aromatic rings. The van der Waals surface area contributed by atoms with Crippen LogP contribution in [0.1, 0.15) is 19.8 Å². The van der Waals surface area contributed by atoms with Gasteiger partial charge < -0.3 is 10.7 Å². The lowest BCUT2D eigenvalue weighted by molar-refractivity contribution is -0.130. The van der Waals surface area contributed by atoms with E-state index in [0.717, 1.165) is 24.4 Å². The largest absolute Gasteiger partial charge is 0.342 e. The molecule has 1 fully saturated rings. The second kappa shape index (κ2) is 6.70. The molecule has 8 heteroatoms. The molecule has 1 aliphatic heterocycles. The lowest BCUT2D eigenvalue weighted by atomic mass is 10.0. The average Bonchev–Trinajstić information content (AvgIpc) is 3.14. The summed E-state index contributed by atoms with van der Waals surface area (Å²) in [6.07, 6.45) is 2.30. The van der Waals surface area contributed by atoms with E-state index < -0.39 is 0 Å². The van der Waals surface area contributed by atoms with Crippen LogP contribution >= 0.6 is 23.1 Å². The van der Waals surface area contributed by atoms with Crippen LogP contribution in [-0.2, 0) is 4.79 Å². The molecular weight excluding hydrogens is 318 g/mol. The van der Waals surface area contributed by atoms with Gasteiger partial charge in [-0.25, -0.2) is 4.68 Å². The Kier molecular flexibility index (Phi) is 4.68. The van der Waals surface area contributed by atoms with Crippen LogP contribution in [0.25, 0.3) is 10.7 Å². The van der Waals surface area contributed by atoms with Crippen LogP contribution in [0.4, 0.5) is 0 Å². The summed E-state index contributed by atoms with van der Waals surface area (Å²) in [5, 5.41) is 10.7. The van der Waals surface area contributed by atoms with Gasteiger partial charge in [0.2, 0.25) is 11.1 Å². The van der Waals surface area contributed by atoms with Crippen LogP contribution in [0.2, 0.25) is 0 Å².